The van der Waals surface area contributed by atoms with Crippen LogP contribution in [0.4, 0.5) is 5.69 Å². The number of nitrogens with one attached hydrogen (secondary N) is 1. The van der Waals surface area contributed by atoms with E-state index in [0.29, 0.717) is 26.9 Å². The van der Waals surface area contributed by atoms with Crippen LogP contribution in [0.25, 0.3) is 0 Å². The van der Waals surface area contributed by atoms with Crippen molar-refractivity contribution in [2.45, 2.75) is 64.1 Å². The van der Waals surface area contributed by atoms with Crippen molar-refractivity contribution >= 4 is 50.7 Å². The van der Waals surface area contributed by atoms with Gasteiger partial charge in [0.25, 0.3) is 10.0 Å². The van der Waals surface area contributed by atoms with Gasteiger partial charge in [-0.3, -0.25) is 13.9 Å². The van der Waals surface area contributed by atoms with Gasteiger partial charge in [0.05, 0.1) is 10.6 Å². The Labute approximate surface area is 282 Å². The van der Waals surface area contributed by atoms with Gasteiger partial charge in [-0.2, -0.15) is 0 Å². The number of anilines is 1. The fourth-order valence-electron chi connectivity index (χ4n) is 5.03. The normalized spacial score (nSPS) is 12.3. The molecule has 0 radical (unpaired) electrons. The van der Waals surface area contributed by atoms with Gasteiger partial charge < -0.3 is 10.2 Å². The second kappa shape index (κ2) is 14.7. The van der Waals surface area contributed by atoms with Crippen LogP contribution < -0.4 is 9.62 Å². The minimum Gasteiger partial charge on any atom is -0.350 e. The Morgan fingerprint density at radius 1 is 0.848 bits per heavy atom. The highest BCUT2D eigenvalue weighted by molar-refractivity contribution is 7.92. The molecule has 0 fully saturated rings. The van der Waals surface area contributed by atoms with Crippen LogP contribution in [0.2, 0.25) is 10.0 Å². The van der Waals surface area contributed by atoms with E-state index in [1.807, 2.05) is 58.0 Å². The number of nitrogens with zero attached hydrogens (tertiary/aromatic N) is 2. The predicted molar refractivity (Wildman–Crippen MR) is 186 cm³/mol. The smallest absolute Gasteiger partial charge is 0.264 e. The summed E-state index contributed by atoms with van der Waals surface area (Å²) in [5, 5.41) is 3.77. The first kappa shape index (κ1) is 35.0. The fraction of sp³-hybridized carbons (Fsp3) is 0.278. The lowest BCUT2D eigenvalue weighted by atomic mass is 10.0. The SMILES string of the molecule is Cc1ccc(S(=O)(=O)N(CC(=O)N(Cc2ccc(Cl)cc2Cl)[C@@H](Cc2ccccc2)C(=O)NC(C)(C)C)c2ccccc2C)cc1. The van der Waals surface area contributed by atoms with E-state index in [1.165, 1.54) is 17.0 Å². The zero-order chi connectivity index (χ0) is 33.6. The van der Waals surface area contributed by atoms with Crippen LogP contribution in [-0.2, 0) is 32.6 Å². The standard InChI is InChI=1S/C36H39Cl2N3O4S/c1-25-15-19-30(20-16-25)46(44,45)41(32-14-10-9-11-26(32)2)24-34(42)40(23-28-17-18-29(37)22-31(28)38)33(35(43)39-36(3,4)5)21-27-12-7-6-8-13-27/h6-20,22,33H,21,23-24H2,1-5H3,(H,39,43)/t33-/m0/s1. The first-order valence-electron chi connectivity index (χ1n) is 14.9. The fourth-order valence-corrected chi connectivity index (χ4v) is 6.98. The van der Waals surface area contributed by atoms with E-state index >= 15 is 0 Å². The summed E-state index contributed by atoms with van der Waals surface area (Å²) >= 11 is 12.8. The highest BCUT2D eigenvalue weighted by atomic mass is 35.5. The quantitative estimate of drug-likeness (QED) is 0.179. The molecule has 0 aliphatic rings. The lowest BCUT2D eigenvalue weighted by Crippen LogP contribution is -2.56. The van der Waals surface area contributed by atoms with Gasteiger partial charge in [-0.05, 0) is 81.6 Å². The van der Waals surface area contributed by atoms with Crippen molar-refractivity contribution in [1.29, 1.82) is 0 Å². The Morgan fingerprint density at radius 3 is 2.09 bits per heavy atom. The first-order chi connectivity index (χ1) is 21.7. The van der Waals surface area contributed by atoms with Gasteiger partial charge in [0, 0.05) is 28.5 Å². The van der Waals surface area contributed by atoms with Crippen LogP contribution in [0.3, 0.4) is 0 Å². The molecule has 10 heteroatoms. The van der Waals surface area contributed by atoms with E-state index in [-0.39, 0.29) is 23.8 Å². The average Bonchev–Trinajstić information content (AvgIpc) is 2.99. The van der Waals surface area contributed by atoms with Crippen molar-refractivity contribution in [3.63, 3.8) is 0 Å². The maximum absolute atomic E-state index is 14.6. The summed E-state index contributed by atoms with van der Waals surface area (Å²) < 4.78 is 29.6. The van der Waals surface area contributed by atoms with E-state index in [0.717, 1.165) is 15.4 Å². The molecule has 0 heterocycles. The van der Waals surface area contributed by atoms with Gasteiger partial charge in [-0.25, -0.2) is 8.42 Å². The maximum Gasteiger partial charge on any atom is 0.264 e. The molecule has 4 aromatic rings. The average molecular weight is 681 g/mol. The Morgan fingerprint density at radius 2 is 1.48 bits per heavy atom. The molecule has 0 aromatic heterocycles. The molecule has 0 aliphatic carbocycles. The van der Waals surface area contributed by atoms with Crippen LogP contribution in [0.1, 0.15) is 43.0 Å². The van der Waals surface area contributed by atoms with Crippen molar-refractivity contribution in [1.82, 2.24) is 10.2 Å². The van der Waals surface area contributed by atoms with Crippen LogP contribution in [0.5, 0.6) is 0 Å². The molecule has 1 N–H and O–H groups in total. The number of carbonyl (C=O) groups is 2. The Bertz CT molecular complexity index is 1790. The maximum atomic E-state index is 14.6. The number of halogens is 2. The molecule has 4 aromatic carbocycles. The van der Waals surface area contributed by atoms with Crippen LogP contribution in [0, 0.1) is 13.8 Å². The van der Waals surface area contributed by atoms with Crippen molar-refractivity contribution in [2.24, 2.45) is 0 Å². The molecular weight excluding hydrogens is 641 g/mol. The monoisotopic (exact) mass is 679 g/mol. The number of amides is 2. The number of hydrogen-bond donors (Lipinski definition) is 1. The number of carbonyl (C=O) groups excluding carboxylic acids is 2. The third-order valence-corrected chi connectivity index (χ3v) is 9.76. The zero-order valence-electron chi connectivity index (χ0n) is 26.6. The van der Waals surface area contributed by atoms with Crippen molar-refractivity contribution in [3.8, 4) is 0 Å². The van der Waals surface area contributed by atoms with Crippen molar-refractivity contribution in [2.75, 3.05) is 10.8 Å². The van der Waals surface area contributed by atoms with Crippen molar-refractivity contribution < 1.29 is 18.0 Å². The molecule has 0 bridgehead atoms. The molecular formula is C36H39Cl2N3O4S. The Hall–Kier alpha value is -3.85. The minimum atomic E-state index is -4.20. The van der Waals surface area contributed by atoms with E-state index in [1.54, 1.807) is 61.5 Å². The van der Waals surface area contributed by atoms with E-state index in [4.69, 9.17) is 23.2 Å². The number of benzene rings is 4. The molecule has 7 nitrogen and oxygen atoms in total. The minimum absolute atomic E-state index is 0.0489. The molecule has 0 aliphatic heterocycles. The molecule has 0 saturated heterocycles. The summed E-state index contributed by atoms with van der Waals surface area (Å²) in [7, 11) is -4.20. The molecule has 0 spiro atoms. The summed E-state index contributed by atoms with van der Waals surface area (Å²) in [6.07, 6.45) is 0.189. The third-order valence-electron chi connectivity index (χ3n) is 7.40. The highest BCUT2D eigenvalue weighted by Gasteiger charge is 2.36. The summed E-state index contributed by atoms with van der Waals surface area (Å²) in [5.41, 5.74) is 2.73. The second-order valence-electron chi connectivity index (χ2n) is 12.3. The lowest BCUT2D eigenvalue weighted by molar-refractivity contribution is -0.140. The largest absolute Gasteiger partial charge is 0.350 e. The number of hydrogen-bond acceptors (Lipinski definition) is 4. The number of para-hydroxylation sites is 1. The van der Waals surface area contributed by atoms with Gasteiger partial charge in [-0.15, -0.1) is 0 Å². The molecule has 242 valence electrons. The Kier molecular flexibility index (Phi) is 11.2. The molecule has 2 amide bonds. The van der Waals surface area contributed by atoms with Gasteiger partial charge in [-0.1, -0.05) is 95.5 Å². The molecule has 0 unspecified atom stereocenters. The third kappa shape index (κ3) is 8.90. The van der Waals surface area contributed by atoms with Crippen LogP contribution in [0.15, 0.2) is 102 Å². The summed E-state index contributed by atoms with van der Waals surface area (Å²) in [6.45, 7) is 8.63. The number of sulfonamides is 1. The second-order valence-corrected chi connectivity index (χ2v) is 15.0. The molecule has 0 saturated carbocycles. The van der Waals surface area contributed by atoms with Gasteiger partial charge >= 0.3 is 0 Å². The van der Waals surface area contributed by atoms with E-state index in [9.17, 15) is 18.0 Å². The number of rotatable bonds is 11. The van der Waals surface area contributed by atoms with E-state index in [2.05, 4.69) is 5.32 Å². The summed E-state index contributed by atoms with van der Waals surface area (Å²) in [4.78, 5) is 30.1. The van der Waals surface area contributed by atoms with Gasteiger partial charge in [0.2, 0.25) is 11.8 Å². The first-order valence-corrected chi connectivity index (χ1v) is 17.1. The lowest BCUT2D eigenvalue weighted by Gasteiger charge is -2.35. The van der Waals surface area contributed by atoms with Crippen molar-refractivity contribution in [3.05, 3.63) is 129 Å². The molecule has 1 atom stereocenters. The van der Waals surface area contributed by atoms with Gasteiger partial charge in [0.1, 0.15) is 12.6 Å². The molecule has 4 rings (SSSR count). The van der Waals surface area contributed by atoms with Crippen LogP contribution >= 0.6 is 23.2 Å². The van der Waals surface area contributed by atoms with Crippen LogP contribution in [-0.4, -0.2) is 43.3 Å². The highest BCUT2D eigenvalue weighted by Crippen LogP contribution is 2.29. The number of aryl methyl sites for hydroxylation is 2. The zero-order valence-corrected chi connectivity index (χ0v) is 29.0. The van der Waals surface area contributed by atoms with E-state index < -0.39 is 34.1 Å². The topological polar surface area (TPSA) is 86.8 Å². The summed E-state index contributed by atoms with van der Waals surface area (Å²) in [5.74, 6) is -0.950. The summed E-state index contributed by atoms with van der Waals surface area (Å²) in [6, 6.07) is 26.8. The Balaban J connectivity index is 1.85. The predicted octanol–water partition coefficient (Wildman–Crippen LogP) is 7.36. The molecule has 46 heavy (non-hydrogen) atoms. The van der Waals surface area contributed by atoms with Gasteiger partial charge in [0.15, 0.2) is 0 Å².